The molecule has 1 N–H and O–H groups in total. The quantitative estimate of drug-likeness (QED) is 0.813. The summed E-state index contributed by atoms with van der Waals surface area (Å²) in [6.45, 7) is 7.48. The molecule has 0 atom stereocenters. The molecular formula is C14H17BrO3. The zero-order chi connectivity index (χ0) is 13.7. The van der Waals surface area contributed by atoms with Crippen molar-refractivity contribution in [3.8, 4) is 5.75 Å². The highest BCUT2D eigenvalue weighted by molar-refractivity contribution is 9.10. The van der Waals surface area contributed by atoms with E-state index in [0.717, 1.165) is 15.6 Å². The lowest BCUT2D eigenvalue weighted by Gasteiger charge is -2.17. The number of carboxylic acid groups (broad SMARTS) is 1. The monoisotopic (exact) mass is 312 g/mol. The molecule has 0 aromatic heterocycles. The van der Waals surface area contributed by atoms with Crippen LogP contribution in [0.5, 0.6) is 5.75 Å². The predicted molar refractivity (Wildman–Crippen MR) is 75.3 cm³/mol. The van der Waals surface area contributed by atoms with Gasteiger partial charge in [-0.1, -0.05) is 35.9 Å². The lowest BCUT2D eigenvalue weighted by Crippen LogP contribution is -2.12. The van der Waals surface area contributed by atoms with E-state index in [1.54, 1.807) is 6.08 Å². The molecule has 0 radical (unpaired) electrons. The Kier molecular flexibility index (Phi) is 5.41. The van der Waals surface area contributed by atoms with E-state index < -0.39 is 5.97 Å². The van der Waals surface area contributed by atoms with E-state index in [2.05, 4.69) is 22.5 Å². The standard InChI is InChI=1S/C14H17BrO3/c1-4-5-10-6-11(15)7-12(9(2)3)14(10)18-8-13(16)17/h4,6-7,9H,1,5,8H2,2-3H3,(H,16,17). The van der Waals surface area contributed by atoms with E-state index in [1.807, 2.05) is 26.0 Å². The fourth-order valence-electron chi connectivity index (χ4n) is 1.72. The largest absolute Gasteiger partial charge is 0.481 e. The maximum atomic E-state index is 10.6. The first-order valence-corrected chi connectivity index (χ1v) is 6.52. The van der Waals surface area contributed by atoms with Crippen LogP contribution in [0.25, 0.3) is 0 Å². The molecule has 0 amide bonds. The summed E-state index contributed by atoms with van der Waals surface area (Å²) in [5, 5.41) is 8.73. The molecule has 0 aliphatic carbocycles. The van der Waals surface area contributed by atoms with Crippen molar-refractivity contribution in [2.45, 2.75) is 26.2 Å². The number of benzene rings is 1. The molecule has 0 aliphatic heterocycles. The molecule has 98 valence electrons. The molecular weight excluding hydrogens is 296 g/mol. The van der Waals surface area contributed by atoms with E-state index in [0.29, 0.717) is 12.2 Å². The van der Waals surface area contributed by atoms with Crippen molar-refractivity contribution in [3.05, 3.63) is 40.4 Å². The van der Waals surface area contributed by atoms with Gasteiger partial charge in [0.25, 0.3) is 0 Å². The number of ether oxygens (including phenoxy) is 1. The zero-order valence-corrected chi connectivity index (χ0v) is 12.2. The van der Waals surface area contributed by atoms with Crippen molar-refractivity contribution in [2.24, 2.45) is 0 Å². The van der Waals surface area contributed by atoms with Gasteiger partial charge in [0.15, 0.2) is 6.61 Å². The Bertz CT molecular complexity index is 453. The third kappa shape index (κ3) is 3.88. The summed E-state index contributed by atoms with van der Waals surface area (Å²) in [4.78, 5) is 10.6. The van der Waals surface area contributed by atoms with Crippen molar-refractivity contribution >= 4 is 21.9 Å². The molecule has 0 heterocycles. The van der Waals surface area contributed by atoms with E-state index in [1.165, 1.54) is 0 Å². The Morgan fingerprint density at radius 1 is 1.56 bits per heavy atom. The van der Waals surface area contributed by atoms with E-state index in [-0.39, 0.29) is 12.5 Å². The maximum Gasteiger partial charge on any atom is 0.341 e. The lowest BCUT2D eigenvalue weighted by atomic mass is 9.98. The summed E-state index contributed by atoms with van der Waals surface area (Å²) < 4.78 is 6.39. The van der Waals surface area contributed by atoms with Gasteiger partial charge in [0.1, 0.15) is 5.75 Å². The minimum Gasteiger partial charge on any atom is -0.481 e. The minimum absolute atomic E-state index is 0.259. The van der Waals surface area contributed by atoms with Gasteiger partial charge in [-0.05, 0) is 35.6 Å². The minimum atomic E-state index is -0.975. The average Bonchev–Trinajstić information content (AvgIpc) is 2.27. The van der Waals surface area contributed by atoms with Crippen molar-refractivity contribution in [3.63, 3.8) is 0 Å². The van der Waals surface area contributed by atoms with Gasteiger partial charge in [-0.2, -0.15) is 0 Å². The van der Waals surface area contributed by atoms with Crippen LogP contribution in [0.15, 0.2) is 29.3 Å². The van der Waals surface area contributed by atoms with Gasteiger partial charge in [0.05, 0.1) is 0 Å². The lowest BCUT2D eigenvalue weighted by molar-refractivity contribution is -0.139. The van der Waals surface area contributed by atoms with Crippen LogP contribution < -0.4 is 4.74 Å². The summed E-state index contributed by atoms with van der Waals surface area (Å²) in [6.07, 6.45) is 2.42. The van der Waals surface area contributed by atoms with Gasteiger partial charge in [0, 0.05) is 4.47 Å². The van der Waals surface area contributed by atoms with Crippen LogP contribution in [0.2, 0.25) is 0 Å². The van der Waals surface area contributed by atoms with Gasteiger partial charge < -0.3 is 9.84 Å². The molecule has 1 aromatic rings. The number of halogens is 1. The molecule has 1 rings (SSSR count). The molecule has 1 aromatic carbocycles. The normalized spacial score (nSPS) is 10.4. The fraction of sp³-hybridized carbons (Fsp3) is 0.357. The van der Waals surface area contributed by atoms with Crippen LogP contribution in [0.3, 0.4) is 0 Å². The summed E-state index contributed by atoms with van der Waals surface area (Å²) >= 11 is 3.46. The second kappa shape index (κ2) is 6.59. The number of allylic oxidation sites excluding steroid dienone is 1. The summed E-state index contributed by atoms with van der Waals surface area (Å²) in [7, 11) is 0. The van der Waals surface area contributed by atoms with Crippen molar-refractivity contribution < 1.29 is 14.6 Å². The number of carbonyl (C=O) groups is 1. The highest BCUT2D eigenvalue weighted by atomic mass is 79.9. The van der Waals surface area contributed by atoms with Gasteiger partial charge in [-0.25, -0.2) is 4.79 Å². The van der Waals surface area contributed by atoms with Crippen molar-refractivity contribution in [1.29, 1.82) is 0 Å². The second-order valence-corrected chi connectivity index (χ2v) is 5.23. The second-order valence-electron chi connectivity index (χ2n) is 4.31. The highest BCUT2D eigenvalue weighted by Crippen LogP contribution is 2.34. The zero-order valence-electron chi connectivity index (χ0n) is 10.6. The number of aliphatic carboxylic acids is 1. The van der Waals surface area contributed by atoms with Gasteiger partial charge in [-0.15, -0.1) is 6.58 Å². The summed E-state index contributed by atoms with van der Waals surface area (Å²) in [5.74, 6) is -0.0532. The molecule has 0 saturated heterocycles. The first kappa shape index (κ1) is 14.8. The van der Waals surface area contributed by atoms with Crippen molar-refractivity contribution in [2.75, 3.05) is 6.61 Å². The maximum absolute atomic E-state index is 10.6. The van der Waals surface area contributed by atoms with Crippen LogP contribution in [-0.4, -0.2) is 17.7 Å². The van der Waals surface area contributed by atoms with Crippen LogP contribution in [0, 0.1) is 0 Å². The van der Waals surface area contributed by atoms with Crippen LogP contribution in [0.1, 0.15) is 30.9 Å². The smallest absolute Gasteiger partial charge is 0.341 e. The molecule has 0 unspecified atom stereocenters. The molecule has 4 heteroatoms. The Morgan fingerprint density at radius 3 is 2.72 bits per heavy atom. The molecule has 0 saturated carbocycles. The Balaban J connectivity index is 3.21. The molecule has 0 bridgehead atoms. The van der Waals surface area contributed by atoms with Crippen LogP contribution in [0.4, 0.5) is 0 Å². The Morgan fingerprint density at radius 2 is 2.22 bits per heavy atom. The highest BCUT2D eigenvalue weighted by Gasteiger charge is 2.15. The first-order chi connectivity index (χ1) is 8.45. The van der Waals surface area contributed by atoms with Gasteiger partial charge in [-0.3, -0.25) is 0 Å². The van der Waals surface area contributed by atoms with Gasteiger partial charge in [0.2, 0.25) is 0 Å². The first-order valence-electron chi connectivity index (χ1n) is 5.73. The summed E-state index contributed by atoms with van der Waals surface area (Å²) in [6, 6.07) is 3.90. The Hall–Kier alpha value is -1.29. The number of carboxylic acids is 1. The third-order valence-electron chi connectivity index (χ3n) is 2.49. The predicted octanol–water partition coefficient (Wildman–Crippen LogP) is 3.76. The topological polar surface area (TPSA) is 46.5 Å². The molecule has 0 fully saturated rings. The SMILES string of the molecule is C=CCc1cc(Br)cc(C(C)C)c1OCC(=O)O. The molecule has 0 aliphatic rings. The van der Waals surface area contributed by atoms with Crippen LogP contribution >= 0.6 is 15.9 Å². The number of hydrogen-bond acceptors (Lipinski definition) is 2. The van der Waals surface area contributed by atoms with Crippen LogP contribution in [-0.2, 0) is 11.2 Å². The van der Waals surface area contributed by atoms with E-state index in [9.17, 15) is 4.79 Å². The van der Waals surface area contributed by atoms with Crippen molar-refractivity contribution in [1.82, 2.24) is 0 Å². The summed E-state index contributed by atoms with van der Waals surface area (Å²) in [5.41, 5.74) is 1.95. The van der Waals surface area contributed by atoms with Gasteiger partial charge >= 0.3 is 5.97 Å². The molecule has 0 spiro atoms. The Labute approximate surface area is 116 Å². The average molecular weight is 313 g/mol. The third-order valence-corrected chi connectivity index (χ3v) is 2.94. The fourth-order valence-corrected chi connectivity index (χ4v) is 2.24. The molecule has 18 heavy (non-hydrogen) atoms. The van der Waals surface area contributed by atoms with E-state index >= 15 is 0 Å². The number of hydrogen-bond donors (Lipinski definition) is 1. The molecule has 3 nitrogen and oxygen atoms in total. The number of rotatable bonds is 6. The van der Waals surface area contributed by atoms with E-state index in [4.69, 9.17) is 9.84 Å².